The van der Waals surface area contributed by atoms with Crippen molar-refractivity contribution in [2.45, 2.75) is 24.5 Å². The Bertz CT molecular complexity index is 230. The van der Waals surface area contributed by atoms with Crippen LogP contribution in [0.4, 0.5) is 0 Å². The molecule has 66 valence electrons. The molecule has 1 aromatic heterocycles. The summed E-state index contributed by atoms with van der Waals surface area (Å²) in [7, 11) is 0. The summed E-state index contributed by atoms with van der Waals surface area (Å²) in [4.78, 5) is 8.16. The summed E-state index contributed by atoms with van der Waals surface area (Å²) in [6, 6.07) is 1.80. The maximum atomic E-state index is 5.81. The lowest BCUT2D eigenvalue weighted by molar-refractivity contribution is 0.590. The van der Waals surface area contributed by atoms with Crippen LogP contribution in [0.3, 0.4) is 0 Å². The molecule has 0 bridgehead atoms. The van der Waals surface area contributed by atoms with Crippen LogP contribution in [0.2, 0.25) is 0 Å². The second kappa shape index (κ2) is 3.87. The number of hydrogen-bond donors (Lipinski definition) is 1. The predicted molar refractivity (Wildman–Crippen MR) is 51.0 cm³/mol. The summed E-state index contributed by atoms with van der Waals surface area (Å²) < 4.78 is 0. The molecule has 0 aliphatic rings. The SMILES string of the molecule is CC(C)(N)CSc1ncccn1. The van der Waals surface area contributed by atoms with E-state index in [4.69, 9.17) is 5.73 Å². The monoisotopic (exact) mass is 183 g/mol. The third-order valence-corrected chi connectivity index (χ3v) is 2.47. The van der Waals surface area contributed by atoms with Gasteiger partial charge in [-0.15, -0.1) is 0 Å². The van der Waals surface area contributed by atoms with Gasteiger partial charge in [0.05, 0.1) is 0 Å². The van der Waals surface area contributed by atoms with Crippen LogP contribution in [-0.4, -0.2) is 21.3 Å². The number of rotatable bonds is 3. The number of nitrogens with zero attached hydrogens (tertiary/aromatic N) is 2. The number of nitrogens with two attached hydrogens (primary N) is 1. The van der Waals surface area contributed by atoms with Gasteiger partial charge in [0.25, 0.3) is 0 Å². The first kappa shape index (κ1) is 9.48. The molecular weight excluding hydrogens is 170 g/mol. The fraction of sp³-hybridized carbons (Fsp3) is 0.500. The fourth-order valence-electron chi connectivity index (χ4n) is 0.611. The second-order valence-corrected chi connectivity index (χ2v) is 4.25. The smallest absolute Gasteiger partial charge is 0.187 e. The van der Waals surface area contributed by atoms with E-state index in [1.807, 2.05) is 13.8 Å². The van der Waals surface area contributed by atoms with Gasteiger partial charge in [-0.1, -0.05) is 11.8 Å². The highest BCUT2D eigenvalue weighted by Crippen LogP contribution is 2.15. The fourth-order valence-corrected chi connectivity index (χ4v) is 1.38. The Kier molecular flexibility index (Phi) is 3.05. The van der Waals surface area contributed by atoms with Crippen LogP contribution < -0.4 is 5.73 Å². The van der Waals surface area contributed by atoms with Gasteiger partial charge in [0.15, 0.2) is 5.16 Å². The first-order chi connectivity index (χ1) is 5.58. The average molecular weight is 183 g/mol. The molecule has 0 saturated carbocycles. The molecule has 3 nitrogen and oxygen atoms in total. The largest absolute Gasteiger partial charge is 0.325 e. The molecule has 4 heteroatoms. The van der Waals surface area contributed by atoms with Crippen molar-refractivity contribution in [2.75, 3.05) is 5.75 Å². The maximum Gasteiger partial charge on any atom is 0.187 e. The minimum atomic E-state index is -0.163. The quantitative estimate of drug-likeness (QED) is 0.567. The molecule has 0 aromatic carbocycles. The van der Waals surface area contributed by atoms with Crippen LogP contribution in [0.1, 0.15) is 13.8 Å². The number of aromatic nitrogens is 2. The summed E-state index contributed by atoms with van der Waals surface area (Å²) >= 11 is 1.58. The standard InChI is InChI=1S/C8H13N3S/c1-8(2,9)6-12-7-10-4-3-5-11-7/h3-5H,6,9H2,1-2H3. The average Bonchev–Trinajstić information content (AvgIpc) is 2.02. The number of thioether (sulfide) groups is 1. The van der Waals surface area contributed by atoms with E-state index in [-0.39, 0.29) is 5.54 Å². The van der Waals surface area contributed by atoms with E-state index >= 15 is 0 Å². The van der Waals surface area contributed by atoms with Crippen molar-refractivity contribution in [3.63, 3.8) is 0 Å². The molecule has 0 saturated heterocycles. The summed E-state index contributed by atoms with van der Waals surface area (Å²) in [6.45, 7) is 3.98. The Hall–Kier alpha value is -0.610. The summed E-state index contributed by atoms with van der Waals surface area (Å²) in [6.07, 6.45) is 3.47. The molecular formula is C8H13N3S. The van der Waals surface area contributed by atoms with Crippen LogP contribution in [0.25, 0.3) is 0 Å². The van der Waals surface area contributed by atoms with Crippen molar-refractivity contribution >= 4 is 11.8 Å². The van der Waals surface area contributed by atoms with Crippen LogP contribution in [0, 0.1) is 0 Å². The van der Waals surface area contributed by atoms with E-state index in [0.717, 1.165) is 10.9 Å². The molecule has 0 spiro atoms. The lowest BCUT2D eigenvalue weighted by atomic mass is 10.1. The topological polar surface area (TPSA) is 51.8 Å². The van der Waals surface area contributed by atoms with Crippen molar-refractivity contribution < 1.29 is 0 Å². The van der Waals surface area contributed by atoms with Crippen LogP contribution in [-0.2, 0) is 0 Å². The van der Waals surface area contributed by atoms with Gasteiger partial charge in [-0.05, 0) is 19.9 Å². The molecule has 1 heterocycles. The second-order valence-electron chi connectivity index (χ2n) is 3.31. The first-order valence-corrected chi connectivity index (χ1v) is 4.75. The normalized spacial score (nSPS) is 11.6. The van der Waals surface area contributed by atoms with Crippen LogP contribution in [0.15, 0.2) is 23.6 Å². The van der Waals surface area contributed by atoms with Crippen molar-refractivity contribution in [1.29, 1.82) is 0 Å². The lowest BCUT2D eigenvalue weighted by Gasteiger charge is -2.16. The molecule has 0 radical (unpaired) electrons. The highest BCUT2D eigenvalue weighted by Gasteiger charge is 2.11. The van der Waals surface area contributed by atoms with Crippen LogP contribution >= 0.6 is 11.8 Å². The van der Waals surface area contributed by atoms with Gasteiger partial charge in [-0.25, -0.2) is 9.97 Å². The van der Waals surface area contributed by atoms with E-state index in [2.05, 4.69) is 9.97 Å². The minimum Gasteiger partial charge on any atom is -0.325 e. The van der Waals surface area contributed by atoms with Crippen molar-refractivity contribution in [2.24, 2.45) is 5.73 Å². The van der Waals surface area contributed by atoms with Crippen molar-refractivity contribution in [1.82, 2.24) is 9.97 Å². The van der Waals surface area contributed by atoms with E-state index in [1.165, 1.54) is 0 Å². The third-order valence-electron chi connectivity index (χ3n) is 1.12. The lowest BCUT2D eigenvalue weighted by Crippen LogP contribution is -2.34. The zero-order valence-electron chi connectivity index (χ0n) is 7.32. The van der Waals surface area contributed by atoms with Gasteiger partial charge < -0.3 is 5.73 Å². The summed E-state index contributed by atoms with van der Waals surface area (Å²) in [5.74, 6) is 0.830. The number of hydrogen-bond acceptors (Lipinski definition) is 4. The molecule has 0 aliphatic heterocycles. The Morgan fingerprint density at radius 1 is 1.42 bits per heavy atom. The maximum absolute atomic E-state index is 5.81. The molecule has 0 unspecified atom stereocenters. The van der Waals surface area contributed by atoms with E-state index in [1.54, 1.807) is 30.2 Å². The van der Waals surface area contributed by atoms with Gasteiger partial charge >= 0.3 is 0 Å². The molecule has 1 aromatic rings. The third kappa shape index (κ3) is 3.69. The Morgan fingerprint density at radius 3 is 2.50 bits per heavy atom. The molecule has 1 rings (SSSR count). The molecule has 0 amide bonds. The van der Waals surface area contributed by atoms with Crippen LogP contribution in [0.5, 0.6) is 0 Å². The summed E-state index contributed by atoms with van der Waals surface area (Å²) in [5.41, 5.74) is 5.64. The van der Waals surface area contributed by atoms with Crippen molar-refractivity contribution in [3.05, 3.63) is 18.5 Å². The Balaban J connectivity index is 2.44. The molecule has 2 N–H and O–H groups in total. The molecule has 0 aliphatic carbocycles. The summed E-state index contributed by atoms with van der Waals surface area (Å²) in [5, 5.41) is 0.788. The molecule has 0 fully saturated rings. The minimum absolute atomic E-state index is 0.163. The Morgan fingerprint density at radius 2 is 2.00 bits per heavy atom. The Labute approximate surface area is 76.8 Å². The van der Waals surface area contributed by atoms with E-state index in [9.17, 15) is 0 Å². The van der Waals surface area contributed by atoms with Gasteiger partial charge in [0.1, 0.15) is 0 Å². The zero-order chi connectivity index (χ0) is 9.03. The molecule has 0 atom stereocenters. The van der Waals surface area contributed by atoms with Crippen molar-refractivity contribution in [3.8, 4) is 0 Å². The van der Waals surface area contributed by atoms with Gasteiger partial charge in [0, 0.05) is 23.7 Å². The molecule has 12 heavy (non-hydrogen) atoms. The predicted octanol–water partition coefficient (Wildman–Crippen LogP) is 1.31. The van der Waals surface area contributed by atoms with E-state index in [0.29, 0.717) is 0 Å². The highest BCUT2D eigenvalue weighted by atomic mass is 32.2. The van der Waals surface area contributed by atoms with Gasteiger partial charge in [-0.2, -0.15) is 0 Å². The van der Waals surface area contributed by atoms with Gasteiger partial charge in [0.2, 0.25) is 0 Å². The van der Waals surface area contributed by atoms with E-state index < -0.39 is 0 Å². The highest BCUT2D eigenvalue weighted by molar-refractivity contribution is 7.99. The first-order valence-electron chi connectivity index (χ1n) is 3.77. The van der Waals surface area contributed by atoms with Gasteiger partial charge in [-0.3, -0.25) is 0 Å². The zero-order valence-corrected chi connectivity index (χ0v) is 8.14.